The summed E-state index contributed by atoms with van der Waals surface area (Å²) in [7, 11) is 1.43. The second kappa shape index (κ2) is 4.96. The van der Waals surface area contributed by atoms with E-state index in [1.807, 2.05) is 0 Å². The number of alkyl halides is 3. The van der Waals surface area contributed by atoms with Crippen molar-refractivity contribution in [1.29, 1.82) is 0 Å². The monoisotopic (exact) mass is 265 g/mol. The molecule has 1 aromatic carbocycles. The van der Waals surface area contributed by atoms with Crippen molar-refractivity contribution >= 4 is 23.1 Å². The first-order chi connectivity index (χ1) is 7.71. The normalized spacial score (nSPS) is 11.4. The molecule has 0 atom stereocenters. The molecule has 0 saturated heterocycles. The summed E-state index contributed by atoms with van der Waals surface area (Å²) in [5.74, 6) is -0.212. The number of carbonyl (C=O) groups is 1. The van der Waals surface area contributed by atoms with Crippen LogP contribution >= 0.6 is 11.6 Å². The molecule has 0 spiro atoms. The van der Waals surface area contributed by atoms with E-state index in [1.165, 1.54) is 31.0 Å². The standard InChI is InChI=1S/C11H11ClF3NO/c1-7(17)6-16(2)10-4-3-8(12)5-9(10)11(13,14)15/h3-5H,6H2,1-2H3. The number of rotatable bonds is 3. The van der Waals surface area contributed by atoms with Gasteiger partial charge in [0.25, 0.3) is 0 Å². The van der Waals surface area contributed by atoms with Gasteiger partial charge in [-0.25, -0.2) is 0 Å². The number of halogens is 4. The molecule has 0 amide bonds. The molecule has 0 N–H and O–H groups in total. The van der Waals surface area contributed by atoms with Crippen LogP contribution in [0, 0.1) is 0 Å². The van der Waals surface area contributed by atoms with Crippen LogP contribution in [0.4, 0.5) is 18.9 Å². The average Bonchev–Trinajstić information content (AvgIpc) is 2.14. The molecule has 0 heterocycles. The van der Waals surface area contributed by atoms with E-state index in [-0.39, 0.29) is 23.0 Å². The van der Waals surface area contributed by atoms with Crippen molar-refractivity contribution in [3.8, 4) is 0 Å². The number of benzene rings is 1. The molecule has 0 aliphatic rings. The fourth-order valence-corrected chi connectivity index (χ4v) is 1.66. The molecule has 17 heavy (non-hydrogen) atoms. The van der Waals surface area contributed by atoms with Gasteiger partial charge < -0.3 is 4.90 Å². The molecule has 1 aromatic rings. The van der Waals surface area contributed by atoms with E-state index < -0.39 is 11.7 Å². The highest BCUT2D eigenvalue weighted by atomic mass is 35.5. The lowest BCUT2D eigenvalue weighted by atomic mass is 10.1. The lowest BCUT2D eigenvalue weighted by Gasteiger charge is -2.22. The summed E-state index contributed by atoms with van der Waals surface area (Å²) in [5.41, 5.74) is -0.897. The van der Waals surface area contributed by atoms with Crippen molar-refractivity contribution in [3.63, 3.8) is 0 Å². The van der Waals surface area contributed by atoms with Crippen LogP contribution in [-0.2, 0) is 11.0 Å². The smallest absolute Gasteiger partial charge is 0.367 e. The van der Waals surface area contributed by atoms with Crippen LogP contribution < -0.4 is 4.90 Å². The van der Waals surface area contributed by atoms with Crippen molar-refractivity contribution in [1.82, 2.24) is 0 Å². The van der Waals surface area contributed by atoms with Crippen molar-refractivity contribution in [2.75, 3.05) is 18.5 Å². The number of hydrogen-bond donors (Lipinski definition) is 0. The van der Waals surface area contributed by atoms with E-state index in [9.17, 15) is 18.0 Å². The molecular formula is C11H11ClF3NO. The van der Waals surface area contributed by atoms with Gasteiger partial charge >= 0.3 is 6.18 Å². The molecule has 0 unspecified atom stereocenters. The van der Waals surface area contributed by atoms with Gasteiger partial charge in [-0.1, -0.05) is 11.6 Å². The highest BCUT2D eigenvalue weighted by Crippen LogP contribution is 2.37. The predicted octanol–water partition coefficient (Wildman–Crippen LogP) is 3.38. The van der Waals surface area contributed by atoms with Gasteiger partial charge in [0.2, 0.25) is 0 Å². The molecular weight excluding hydrogens is 255 g/mol. The average molecular weight is 266 g/mol. The maximum absolute atomic E-state index is 12.8. The summed E-state index contributed by atoms with van der Waals surface area (Å²) in [5, 5.41) is 0.0114. The van der Waals surface area contributed by atoms with Gasteiger partial charge in [-0.05, 0) is 25.1 Å². The zero-order chi connectivity index (χ0) is 13.2. The van der Waals surface area contributed by atoms with Gasteiger partial charge in [0.05, 0.1) is 12.1 Å². The second-order valence-corrected chi connectivity index (χ2v) is 4.15. The van der Waals surface area contributed by atoms with E-state index in [0.717, 1.165) is 6.07 Å². The Bertz CT molecular complexity index is 431. The first-order valence-corrected chi connectivity index (χ1v) is 5.17. The van der Waals surface area contributed by atoms with E-state index in [0.29, 0.717) is 0 Å². The number of ketones is 1. The molecule has 0 aliphatic carbocycles. The van der Waals surface area contributed by atoms with Crippen molar-refractivity contribution in [3.05, 3.63) is 28.8 Å². The summed E-state index contributed by atoms with van der Waals surface area (Å²) < 4.78 is 38.3. The molecule has 2 nitrogen and oxygen atoms in total. The van der Waals surface area contributed by atoms with Gasteiger partial charge in [0, 0.05) is 17.8 Å². The summed E-state index contributed by atoms with van der Waals surface area (Å²) in [6.45, 7) is 1.24. The van der Waals surface area contributed by atoms with Gasteiger partial charge in [-0.15, -0.1) is 0 Å². The summed E-state index contributed by atoms with van der Waals surface area (Å²) in [4.78, 5) is 12.2. The van der Waals surface area contributed by atoms with Crippen LogP contribution in [0.25, 0.3) is 0 Å². The Morgan fingerprint density at radius 1 is 1.41 bits per heavy atom. The van der Waals surface area contributed by atoms with Gasteiger partial charge in [-0.2, -0.15) is 13.2 Å². The van der Waals surface area contributed by atoms with Crippen molar-refractivity contribution in [2.24, 2.45) is 0 Å². The van der Waals surface area contributed by atoms with E-state index >= 15 is 0 Å². The zero-order valence-electron chi connectivity index (χ0n) is 9.31. The molecule has 0 aliphatic heterocycles. The highest BCUT2D eigenvalue weighted by Gasteiger charge is 2.34. The third-order valence-electron chi connectivity index (χ3n) is 2.14. The Morgan fingerprint density at radius 2 is 2.00 bits per heavy atom. The highest BCUT2D eigenvalue weighted by molar-refractivity contribution is 6.30. The van der Waals surface area contributed by atoms with Crippen LogP contribution in [0.2, 0.25) is 5.02 Å². The van der Waals surface area contributed by atoms with E-state index in [4.69, 9.17) is 11.6 Å². The Labute approximate surface area is 102 Å². The first-order valence-electron chi connectivity index (χ1n) is 4.79. The van der Waals surface area contributed by atoms with Crippen LogP contribution in [0.3, 0.4) is 0 Å². The Hall–Kier alpha value is -1.23. The molecule has 0 aromatic heterocycles. The van der Waals surface area contributed by atoms with E-state index in [2.05, 4.69) is 0 Å². The minimum Gasteiger partial charge on any atom is -0.367 e. The predicted molar refractivity (Wildman–Crippen MR) is 60.4 cm³/mol. The molecule has 6 heteroatoms. The quantitative estimate of drug-likeness (QED) is 0.835. The Kier molecular flexibility index (Phi) is 4.03. The topological polar surface area (TPSA) is 20.3 Å². The molecule has 0 saturated carbocycles. The van der Waals surface area contributed by atoms with Crippen LogP contribution in [-0.4, -0.2) is 19.4 Å². The fraction of sp³-hybridized carbons (Fsp3) is 0.364. The number of hydrogen-bond acceptors (Lipinski definition) is 2. The SMILES string of the molecule is CC(=O)CN(C)c1ccc(Cl)cc1C(F)(F)F. The van der Waals surface area contributed by atoms with Gasteiger partial charge in [0.15, 0.2) is 0 Å². The molecule has 0 bridgehead atoms. The maximum Gasteiger partial charge on any atom is 0.418 e. The van der Waals surface area contributed by atoms with Gasteiger partial charge in [-0.3, -0.25) is 4.79 Å². The summed E-state index contributed by atoms with van der Waals surface area (Å²) in [6, 6.07) is 3.48. The lowest BCUT2D eigenvalue weighted by molar-refractivity contribution is -0.137. The zero-order valence-corrected chi connectivity index (χ0v) is 10.1. The number of nitrogens with zero attached hydrogens (tertiary/aromatic N) is 1. The molecule has 0 radical (unpaired) electrons. The summed E-state index contributed by atoms with van der Waals surface area (Å²) in [6.07, 6.45) is -4.49. The number of likely N-dealkylation sites (N-methyl/N-ethyl adjacent to an activating group) is 1. The van der Waals surface area contributed by atoms with Gasteiger partial charge in [0.1, 0.15) is 5.78 Å². The lowest BCUT2D eigenvalue weighted by Crippen LogP contribution is -2.26. The molecule has 1 rings (SSSR count). The first kappa shape index (κ1) is 13.8. The minimum atomic E-state index is -4.49. The van der Waals surface area contributed by atoms with Crippen LogP contribution in [0.15, 0.2) is 18.2 Å². The van der Waals surface area contributed by atoms with Crippen LogP contribution in [0.5, 0.6) is 0 Å². The number of anilines is 1. The van der Waals surface area contributed by atoms with Crippen LogP contribution in [0.1, 0.15) is 12.5 Å². The van der Waals surface area contributed by atoms with E-state index in [1.54, 1.807) is 0 Å². The Morgan fingerprint density at radius 3 is 2.47 bits per heavy atom. The number of carbonyl (C=O) groups excluding carboxylic acids is 1. The number of Topliss-reactive ketones (excluding diaryl/α,β-unsaturated/α-hetero) is 1. The van der Waals surface area contributed by atoms with Crippen molar-refractivity contribution < 1.29 is 18.0 Å². The second-order valence-electron chi connectivity index (χ2n) is 3.72. The largest absolute Gasteiger partial charge is 0.418 e. The maximum atomic E-state index is 12.8. The third-order valence-corrected chi connectivity index (χ3v) is 2.37. The third kappa shape index (κ3) is 3.63. The molecule has 0 fully saturated rings. The summed E-state index contributed by atoms with van der Waals surface area (Å²) >= 11 is 5.55. The Balaban J connectivity index is 3.19. The fourth-order valence-electron chi connectivity index (χ4n) is 1.49. The van der Waals surface area contributed by atoms with Crippen molar-refractivity contribution in [2.45, 2.75) is 13.1 Å². The minimum absolute atomic E-state index is 0.0114. The molecule has 94 valence electrons.